The van der Waals surface area contributed by atoms with Gasteiger partial charge in [0, 0.05) is 44.6 Å². The van der Waals surface area contributed by atoms with Crippen molar-refractivity contribution in [2.24, 2.45) is 0 Å². The second-order valence-corrected chi connectivity index (χ2v) is 9.00. The lowest BCUT2D eigenvalue weighted by molar-refractivity contribution is -0.139. The van der Waals surface area contributed by atoms with Gasteiger partial charge in [-0.05, 0) is 48.9 Å². The summed E-state index contributed by atoms with van der Waals surface area (Å²) in [6.45, 7) is 2.45. The summed E-state index contributed by atoms with van der Waals surface area (Å²) in [5.41, 5.74) is 2.68. The van der Waals surface area contributed by atoms with Gasteiger partial charge in [0.25, 0.3) is 5.91 Å². The number of nitrogens with zero attached hydrogens (tertiary/aromatic N) is 4. The molecular formula is C24H28N6O5. The van der Waals surface area contributed by atoms with E-state index in [1.807, 2.05) is 0 Å². The van der Waals surface area contributed by atoms with Crippen LogP contribution in [0.1, 0.15) is 35.6 Å². The Bertz CT molecular complexity index is 1160. The zero-order valence-electron chi connectivity index (χ0n) is 19.3. The molecule has 2 aromatic rings. The van der Waals surface area contributed by atoms with Crippen molar-refractivity contribution >= 4 is 29.5 Å². The van der Waals surface area contributed by atoms with Gasteiger partial charge in [-0.3, -0.25) is 9.59 Å². The van der Waals surface area contributed by atoms with Crippen LogP contribution in [0.25, 0.3) is 0 Å². The SMILES string of the molecule is O=C1COc2cc([C@H](CN3CCN(CCCc4ccc5c(n4)NCCC5)C3=O)C(=O)O)cnc2N1. The molecule has 3 aliphatic heterocycles. The van der Waals surface area contributed by atoms with Crippen LogP contribution >= 0.6 is 0 Å². The number of anilines is 2. The van der Waals surface area contributed by atoms with E-state index in [2.05, 4.69) is 27.8 Å². The number of fused-ring (bicyclic) bond motifs is 2. The fourth-order valence-corrected chi connectivity index (χ4v) is 4.68. The number of urea groups is 1. The minimum atomic E-state index is -1.05. The fraction of sp³-hybridized carbons (Fsp3) is 0.458. The van der Waals surface area contributed by atoms with Gasteiger partial charge in [0.15, 0.2) is 18.2 Å². The number of aliphatic carboxylic acids is 1. The van der Waals surface area contributed by atoms with Gasteiger partial charge < -0.3 is 30.3 Å². The topological polar surface area (TPSA) is 137 Å². The fourth-order valence-electron chi connectivity index (χ4n) is 4.68. The van der Waals surface area contributed by atoms with Gasteiger partial charge in [-0.1, -0.05) is 6.07 Å². The Hall–Kier alpha value is -3.89. The number of carboxylic acids is 1. The van der Waals surface area contributed by atoms with Crippen molar-refractivity contribution in [3.63, 3.8) is 0 Å². The Labute approximate surface area is 202 Å². The second-order valence-electron chi connectivity index (χ2n) is 9.00. The maximum Gasteiger partial charge on any atom is 0.320 e. The standard InChI is InChI=1S/C24H28N6O5/c31-20-14-35-19-11-16(12-26-22(19)28-20)18(23(32)33)13-30-10-9-29(24(30)34)8-2-4-17-6-5-15-3-1-7-25-21(15)27-17/h5-6,11-12,18H,1-4,7-10,13-14H2,(H,25,27)(H,32,33)(H,26,28,31)/t18-/m0/s1. The molecular weight excluding hydrogens is 452 g/mol. The van der Waals surface area contributed by atoms with Crippen LogP contribution in [-0.4, -0.2) is 82.1 Å². The first-order chi connectivity index (χ1) is 17.0. The lowest BCUT2D eigenvalue weighted by Gasteiger charge is -2.23. The molecule has 35 heavy (non-hydrogen) atoms. The number of nitrogens with one attached hydrogen (secondary N) is 2. The molecule has 3 amide bonds. The van der Waals surface area contributed by atoms with Crippen molar-refractivity contribution in [2.75, 3.05) is 50.0 Å². The highest BCUT2D eigenvalue weighted by Gasteiger charge is 2.33. The Morgan fingerprint density at radius 1 is 1.20 bits per heavy atom. The molecule has 0 bridgehead atoms. The number of aryl methyl sites for hydroxylation is 2. The number of aromatic nitrogens is 2. The van der Waals surface area contributed by atoms with Crippen LogP contribution in [0, 0.1) is 0 Å². The summed E-state index contributed by atoms with van der Waals surface area (Å²) < 4.78 is 5.36. The van der Waals surface area contributed by atoms with E-state index in [1.165, 1.54) is 11.8 Å². The molecule has 3 aliphatic rings. The highest BCUT2D eigenvalue weighted by molar-refractivity contribution is 5.94. The van der Waals surface area contributed by atoms with Crippen molar-refractivity contribution in [3.8, 4) is 5.75 Å². The minimum Gasteiger partial charge on any atom is -0.481 e. The molecule has 1 atom stereocenters. The predicted octanol–water partition coefficient (Wildman–Crippen LogP) is 1.70. The van der Waals surface area contributed by atoms with Gasteiger partial charge in [0.2, 0.25) is 0 Å². The first-order valence-corrected chi connectivity index (χ1v) is 11.9. The maximum absolute atomic E-state index is 12.9. The molecule has 0 aromatic carbocycles. The van der Waals surface area contributed by atoms with E-state index in [-0.39, 0.29) is 30.9 Å². The number of carboxylic acid groups (broad SMARTS) is 1. The molecule has 0 spiro atoms. The summed E-state index contributed by atoms with van der Waals surface area (Å²) in [4.78, 5) is 48.6. The summed E-state index contributed by atoms with van der Waals surface area (Å²) >= 11 is 0. The number of rotatable bonds is 8. The van der Waals surface area contributed by atoms with E-state index in [1.54, 1.807) is 15.9 Å². The van der Waals surface area contributed by atoms with E-state index in [9.17, 15) is 19.5 Å². The van der Waals surface area contributed by atoms with Gasteiger partial charge in [0.1, 0.15) is 11.7 Å². The van der Waals surface area contributed by atoms with Crippen LogP contribution < -0.4 is 15.4 Å². The first kappa shape index (κ1) is 22.9. The van der Waals surface area contributed by atoms with Gasteiger partial charge in [-0.25, -0.2) is 14.8 Å². The van der Waals surface area contributed by atoms with Crippen LogP contribution in [0.5, 0.6) is 5.75 Å². The highest BCUT2D eigenvalue weighted by Crippen LogP contribution is 2.30. The van der Waals surface area contributed by atoms with E-state index < -0.39 is 11.9 Å². The summed E-state index contributed by atoms with van der Waals surface area (Å²) in [5.74, 6) is -0.749. The van der Waals surface area contributed by atoms with Gasteiger partial charge in [-0.2, -0.15) is 0 Å². The molecule has 5 heterocycles. The highest BCUT2D eigenvalue weighted by atomic mass is 16.5. The van der Waals surface area contributed by atoms with Crippen molar-refractivity contribution in [2.45, 2.75) is 31.6 Å². The number of hydrogen-bond acceptors (Lipinski definition) is 7. The van der Waals surface area contributed by atoms with E-state index in [4.69, 9.17) is 9.72 Å². The van der Waals surface area contributed by atoms with Gasteiger partial charge in [0.05, 0.1) is 0 Å². The quantitative estimate of drug-likeness (QED) is 0.519. The summed E-state index contributed by atoms with van der Waals surface area (Å²) in [6, 6.07) is 5.60. The summed E-state index contributed by atoms with van der Waals surface area (Å²) in [6.07, 6.45) is 5.14. The average Bonchev–Trinajstić information content (AvgIpc) is 3.21. The third kappa shape index (κ3) is 4.98. The molecule has 2 aromatic heterocycles. The minimum absolute atomic E-state index is 0.0372. The van der Waals surface area contributed by atoms with Crippen LogP contribution in [0.4, 0.5) is 16.4 Å². The van der Waals surface area contributed by atoms with Crippen molar-refractivity contribution in [1.82, 2.24) is 19.8 Å². The number of ether oxygens (including phenoxy) is 1. The monoisotopic (exact) mass is 480 g/mol. The number of carbonyl (C=O) groups excluding carboxylic acids is 2. The van der Waals surface area contributed by atoms with Crippen LogP contribution in [0.2, 0.25) is 0 Å². The zero-order chi connectivity index (χ0) is 24.4. The van der Waals surface area contributed by atoms with E-state index >= 15 is 0 Å². The number of pyridine rings is 2. The number of amides is 3. The molecule has 184 valence electrons. The first-order valence-electron chi connectivity index (χ1n) is 11.9. The molecule has 0 radical (unpaired) electrons. The Morgan fingerprint density at radius 3 is 2.91 bits per heavy atom. The lowest BCUT2D eigenvalue weighted by Crippen LogP contribution is -2.37. The van der Waals surface area contributed by atoms with Crippen molar-refractivity contribution in [1.29, 1.82) is 0 Å². The summed E-state index contributed by atoms with van der Waals surface area (Å²) in [7, 11) is 0. The Kier molecular flexibility index (Phi) is 6.39. The Balaban J connectivity index is 1.17. The van der Waals surface area contributed by atoms with Gasteiger partial charge in [-0.15, -0.1) is 0 Å². The number of hydrogen-bond donors (Lipinski definition) is 3. The van der Waals surface area contributed by atoms with Crippen molar-refractivity contribution < 1.29 is 24.2 Å². The molecule has 11 heteroatoms. The predicted molar refractivity (Wildman–Crippen MR) is 127 cm³/mol. The van der Waals surface area contributed by atoms with E-state index in [0.717, 1.165) is 43.7 Å². The van der Waals surface area contributed by atoms with Crippen molar-refractivity contribution in [3.05, 3.63) is 41.2 Å². The molecule has 5 rings (SSSR count). The summed E-state index contributed by atoms with van der Waals surface area (Å²) in [5, 5.41) is 15.8. The average molecular weight is 481 g/mol. The van der Waals surface area contributed by atoms with Gasteiger partial charge >= 0.3 is 12.0 Å². The molecule has 0 aliphatic carbocycles. The molecule has 0 unspecified atom stereocenters. The largest absolute Gasteiger partial charge is 0.481 e. The molecule has 1 saturated heterocycles. The number of carbonyl (C=O) groups is 3. The smallest absolute Gasteiger partial charge is 0.320 e. The van der Waals surface area contributed by atoms with Crippen LogP contribution in [-0.2, 0) is 22.4 Å². The molecule has 0 saturated carbocycles. The third-order valence-corrected chi connectivity index (χ3v) is 6.59. The zero-order valence-corrected chi connectivity index (χ0v) is 19.3. The van der Waals surface area contributed by atoms with E-state index in [0.29, 0.717) is 30.9 Å². The molecule has 3 N–H and O–H groups in total. The molecule has 1 fully saturated rings. The normalized spacial score (nSPS) is 17.7. The van der Waals surface area contributed by atoms with Crippen LogP contribution in [0.15, 0.2) is 24.4 Å². The second kappa shape index (κ2) is 9.77. The third-order valence-electron chi connectivity index (χ3n) is 6.59. The molecule has 11 nitrogen and oxygen atoms in total. The Morgan fingerprint density at radius 2 is 2.06 bits per heavy atom. The lowest BCUT2D eigenvalue weighted by atomic mass is 10.00. The van der Waals surface area contributed by atoms with Crippen LogP contribution in [0.3, 0.4) is 0 Å². The maximum atomic E-state index is 12.9.